The van der Waals surface area contributed by atoms with Gasteiger partial charge in [0, 0.05) is 17.0 Å². The zero-order valence-electron chi connectivity index (χ0n) is 10.2. The van der Waals surface area contributed by atoms with E-state index in [1.54, 1.807) is 18.2 Å². The Balaban J connectivity index is 2.13. The lowest BCUT2D eigenvalue weighted by molar-refractivity contribution is 0.172. The fourth-order valence-corrected chi connectivity index (χ4v) is 2.19. The average Bonchev–Trinajstić information content (AvgIpc) is 2.37. The molecule has 1 heterocycles. The Morgan fingerprint density at radius 3 is 2.68 bits per heavy atom. The van der Waals surface area contributed by atoms with Crippen LogP contribution in [0.3, 0.4) is 0 Å². The number of methoxy groups -OCH3 is 1. The van der Waals surface area contributed by atoms with Gasteiger partial charge in [-0.25, -0.2) is 4.39 Å². The maximum absolute atomic E-state index is 13.2. The quantitative estimate of drug-likeness (QED) is 0.938. The molecule has 0 aliphatic rings. The first-order chi connectivity index (χ1) is 9.08. The highest BCUT2D eigenvalue weighted by Crippen LogP contribution is 2.21. The summed E-state index contributed by atoms with van der Waals surface area (Å²) in [6.07, 6.45) is -0.579. The van der Waals surface area contributed by atoms with Gasteiger partial charge in [0.15, 0.2) is 0 Å². The lowest BCUT2D eigenvalue weighted by Crippen LogP contribution is -2.06. The Bertz CT molecular complexity index is 543. The number of halogens is 2. The fourth-order valence-electron chi connectivity index (χ4n) is 1.67. The van der Waals surface area contributed by atoms with Crippen LogP contribution in [0.5, 0.6) is 5.88 Å². The SMILES string of the molecule is COc1ccc(C(O)Cc2cc(F)cc(Br)c2)nn1. The Morgan fingerprint density at radius 2 is 2.11 bits per heavy atom. The van der Waals surface area contributed by atoms with Crippen molar-refractivity contribution in [3.63, 3.8) is 0 Å². The van der Waals surface area contributed by atoms with Gasteiger partial charge in [-0.3, -0.25) is 0 Å². The highest BCUT2D eigenvalue weighted by molar-refractivity contribution is 9.10. The number of rotatable bonds is 4. The van der Waals surface area contributed by atoms with Crippen LogP contribution >= 0.6 is 15.9 Å². The third-order valence-electron chi connectivity index (χ3n) is 2.56. The molecule has 1 atom stereocenters. The first-order valence-corrected chi connectivity index (χ1v) is 6.38. The molecule has 19 heavy (non-hydrogen) atoms. The second-order valence-corrected chi connectivity index (χ2v) is 4.91. The minimum Gasteiger partial charge on any atom is -0.480 e. The van der Waals surface area contributed by atoms with E-state index < -0.39 is 6.10 Å². The lowest BCUT2D eigenvalue weighted by atomic mass is 10.1. The Hall–Kier alpha value is -1.53. The van der Waals surface area contributed by atoms with Crippen molar-refractivity contribution in [2.45, 2.75) is 12.5 Å². The van der Waals surface area contributed by atoms with Crippen LogP contribution in [0.15, 0.2) is 34.8 Å². The zero-order chi connectivity index (χ0) is 13.8. The summed E-state index contributed by atoms with van der Waals surface area (Å²) in [7, 11) is 1.49. The summed E-state index contributed by atoms with van der Waals surface area (Å²) in [5.41, 5.74) is 1.10. The molecule has 1 unspecified atom stereocenters. The number of hydrogen-bond acceptors (Lipinski definition) is 4. The van der Waals surface area contributed by atoms with Gasteiger partial charge in [0.25, 0.3) is 0 Å². The predicted molar refractivity (Wildman–Crippen MR) is 71.3 cm³/mol. The normalized spacial score (nSPS) is 12.2. The van der Waals surface area contributed by atoms with E-state index in [0.29, 0.717) is 21.6 Å². The first kappa shape index (κ1) is 13.9. The number of hydrogen-bond donors (Lipinski definition) is 1. The van der Waals surface area contributed by atoms with E-state index in [1.807, 2.05) is 0 Å². The van der Waals surface area contributed by atoms with Crippen molar-refractivity contribution in [1.29, 1.82) is 0 Å². The summed E-state index contributed by atoms with van der Waals surface area (Å²) in [6.45, 7) is 0. The molecule has 0 bridgehead atoms. The second kappa shape index (κ2) is 6.08. The Morgan fingerprint density at radius 1 is 1.32 bits per heavy atom. The molecular weight excluding hydrogens is 315 g/mol. The molecule has 6 heteroatoms. The number of aromatic nitrogens is 2. The molecule has 0 saturated heterocycles. The minimum absolute atomic E-state index is 0.261. The molecule has 0 radical (unpaired) electrons. The summed E-state index contributed by atoms with van der Waals surface area (Å²) in [5.74, 6) is 0.0295. The summed E-state index contributed by atoms with van der Waals surface area (Å²) in [6, 6.07) is 7.75. The molecule has 4 nitrogen and oxygen atoms in total. The molecule has 0 aliphatic carbocycles. The van der Waals surface area contributed by atoms with Gasteiger partial charge in [-0.1, -0.05) is 15.9 Å². The molecule has 0 amide bonds. The molecule has 2 aromatic rings. The van der Waals surface area contributed by atoms with Crippen LogP contribution in [-0.2, 0) is 6.42 Å². The van der Waals surface area contributed by atoms with E-state index >= 15 is 0 Å². The van der Waals surface area contributed by atoms with Crippen LogP contribution < -0.4 is 4.74 Å². The fraction of sp³-hybridized carbons (Fsp3) is 0.231. The molecule has 2 rings (SSSR count). The second-order valence-electron chi connectivity index (χ2n) is 4.00. The molecule has 0 fully saturated rings. The van der Waals surface area contributed by atoms with E-state index in [4.69, 9.17) is 4.74 Å². The molecule has 1 aromatic carbocycles. The van der Waals surface area contributed by atoms with Crippen LogP contribution in [0.4, 0.5) is 4.39 Å². The van der Waals surface area contributed by atoms with Gasteiger partial charge in [0.2, 0.25) is 5.88 Å². The van der Waals surface area contributed by atoms with Gasteiger partial charge in [0.1, 0.15) is 11.9 Å². The van der Waals surface area contributed by atoms with Crippen LogP contribution in [-0.4, -0.2) is 22.4 Å². The van der Waals surface area contributed by atoms with Crippen molar-refractivity contribution >= 4 is 15.9 Å². The van der Waals surface area contributed by atoms with Crippen molar-refractivity contribution in [1.82, 2.24) is 10.2 Å². The molecule has 0 aliphatic heterocycles. The monoisotopic (exact) mass is 326 g/mol. The molecule has 1 N–H and O–H groups in total. The number of aliphatic hydroxyl groups excluding tert-OH is 1. The summed E-state index contributed by atoms with van der Waals surface area (Å²) in [5, 5.41) is 17.7. The van der Waals surface area contributed by atoms with Gasteiger partial charge < -0.3 is 9.84 Å². The van der Waals surface area contributed by atoms with E-state index in [9.17, 15) is 9.50 Å². The smallest absolute Gasteiger partial charge is 0.233 e. The van der Waals surface area contributed by atoms with Crippen molar-refractivity contribution in [2.75, 3.05) is 7.11 Å². The summed E-state index contributed by atoms with van der Waals surface area (Å²) in [4.78, 5) is 0. The van der Waals surface area contributed by atoms with E-state index in [1.165, 1.54) is 19.2 Å². The number of benzene rings is 1. The molecule has 1 aromatic heterocycles. The Kier molecular flexibility index (Phi) is 4.44. The van der Waals surface area contributed by atoms with E-state index in [-0.39, 0.29) is 12.2 Å². The molecule has 0 saturated carbocycles. The predicted octanol–water partition coefficient (Wildman–Crippen LogP) is 2.66. The number of aliphatic hydroxyl groups is 1. The topological polar surface area (TPSA) is 55.2 Å². The maximum Gasteiger partial charge on any atom is 0.233 e. The zero-order valence-corrected chi connectivity index (χ0v) is 11.8. The molecule has 0 spiro atoms. The highest BCUT2D eigenvalue weighted by Gasteiger charge is 2.12. The van der Waals surface area contributed by atoms with Crippen LogP contribution in [0.1, 0.15) is 17.4 Å². The first-order valence-electron chi connectivity index (χ1n) is 5.59. The van der Waals surface area contributed by atoms with Crippen molar-refractivity contribution in [3.05, 3.63) is 51.9 Å². The Labute approximate surface area is 118 Å². The van der Waals surface area contributed by atoms with E-state index in [2.05, 4.69) is 26.1 Å². The third kappa shape index (κ3) is 3.71. The van der Waals surface area contributed by atoms with Crippen LogP contribution in [0.25, 0.3) is 0 Å². The largest absolute Gasteiger partial charge is 0.480 e. The third-order valence-corrected chi connectivity index (χ3v) is 3.02. The van der Waals surface area contributed by atoms with Crippen molar-refractivity contribution < 1.29 is 14.2 Å². The minimum atomic E-state index is -0.841. The van der Waals surface area contributed by atoms with Gasteiger partial charge in [-0.2, -0.15) is 0 Å². The van der Waals surface area contributed by atoms with Crippen LogP contribution in [0, 0.1) is 5.82 Å². The molecular formula is C13H12BrFN2O2. The number of ether oxygens (including phenoxy) is 1. The summed E-state index contributed by atoms with van der Waals surface area (Å²) < 4.78 is 18.7. The number of nitrogens with zero attached hydrogens (tertiary/aromatic N) is 2. The highest BCUT2D eigenvalue weighted by atomic mass is 79.9. The summed E-state index contributed by atoms with van der Waals surface area (Å²) >= 11 is 3.21. The molecule has 100 valence electrons. The van der Waals surface area contributed by atoms with Gasteiger partial charge in [0.05, 0.1) is 12.8 Å². The lowest BCUT2D eigenvalue weighted by Gasteiger charge is -2.10. The van der Waals surface area contributed by atoms with Crippen molar-refractivity contribution in [2.24, 2.45) is 0 Å². The van der Waals surface area contributed by atoms with Crippen molar-refractivity contribution in [3.8, 4) is 5.88 Å². The average molecular weight is 327 g/mol. The standard InChI is InChI=1S/C13H12BrFN2O2/c1-19-13-3-2-11(16-17-13)12(18)6-8-4-9(14)7-10(15)5-8/h2-5,7,12,18H,6H2,1H3. The van der Waals surface area contributed by atoms with Gasteiger partial charge >= 0.3 is 0 Å². The maximum atomic E-state index is 13.2. The van der Waals surface area contributed by atoms with Gasteiger partial charge in [-0.05, 0) is 29.8 Å². The van der Waals surface area contributed by atoms with Gasteiger partial charge in [-0.15, -0.1) is 10.2 Å². The van der Waals surface area contributed by atoms with Crippen LogP contribution in [0.2, 0.25) is 0 Å². The van der Waals surface area contributed by atoms with E-state index in [0.717, 1.165) is 0 Å².